The molecule has 0 radical (unpaired) electrons. The molecule has 8 heteroatoms. The highest BCUT2D eigenvalue weighted by molar-refractivity contribution is 6.42. The summed E-state index contributed by atoms with van der Waals surface area (Å²) >= 11 is 11.8. The molecule has 6 nitrogen and oxygen atoms in total. The van der Waals surface area contributed by atoms with Crippen molar-refractivity contribution >= 4 is 52.4 Å². The average Bonchev–Trinajstić information content (AvgIpc) is 2.81. The molecule has 4 amide bonds. The average molecular weight is 406 g/mol. The van der Waals surface area contributed by atoms with E-state index >= 15 is 0 Å². The summed E-state index contributed by atoms with van der Waals surface area (Å²) in [5.41, 5.74) is 0.815. The molecule has 0 aliphatic carbocycles. The number of amides is 4. The maximum absolute atomic E-state index is 12.6. The molecule has 0 aromatic heterocycles. The van der Waals surface area contributed by atoms with Crippen molar-refractivity contribution < 1.29 is 14.4 Å². The van der Waals surface area contributed by atoms with Gasteiger partial charge in [0.15, 0.2) is 0 Å². The van der Waals surface area contributed by atoms with E-state index in [-0.39, 0.29) is 17.4 Å². The minimum absolute atomic E-state index is 0.266. The molecule has 2 aromatic rings. The molecular formula is C19H17Cl2N3O3. The van der Waals surface area contributed by atoms with Crippen LogP contribution >= 0.6 is 23.2 Å². The maximum atomic E-state index is 12.6. The zero-order valence-corrected chi connectivity index (χ0v) is 16.4. The molecule has 1 aliphatic rings. The Morgan fingerprint density at radius 1 is 0.852 bits per heavy atom. The number of anilines is 2. The molecule has 0 fully saturated rings. The van der Waals surface area contributed by atoms with Gasteiger partial charge in [-0.25, -0.2) is 4.79 Å². The standard InChI is InChI=1S/C19H17Cl2N3O3/c1-19(2,3)24-16(25)12-6-4-10(8-13(12)17(24)26)22-18(27)23-11-5-7-14(20)15(21)9-11/h4-9H,1-3H3,(H2,22,23,27). The lowest BCUT2D eigenvalue weighted by molar-refractivity contribution is 0.0507. The first-order valence-electron chi connectivity index (χ1n) is 8.14. The summed E-state index contributed by atoms with van der Waals surface area (Å²) in [7, 11) is 0. The molecule has 0 spiro atoms. The lowest BCUT2D eigenvalue weighted by atomic mass is 10.1. The first kappa shape index (κ1) is 19.2. The van der Waals surface area contributed by atoms with Gasteiger partial charge in [-0.15, -0.1) is 0 Å². The van der Waals surface area contributed by atoms with Crippen LogP contribution in [0.1, 0.15) is 41.5 Å². The van der Waals surface area contributed by atoms with Crippen molar-refractivity contribution in [1.82, 2.24) is 4.90 Å². The number of hydrogen-bond acceptors (Lipinski definition) is 3. The van der Waals surface area contributed by atoms with E-state index < -0.39 is 11.6 Å². The number of carbonyl (C=O) groups excluding carboxylic acids is 3. The third kappa shape index (κ3) is 3.77. The minimum atomic E-state index is -0.633. The Morgan fingerprint density at radius 2 is 1.41 bits per heavy atom. The summed E-state index contributed by atoms with van der Waals surface area (Å²) in [6.07, 6.45) is 0. The van der Waals surface area contributed by atoms with Crippen LogP contribution in [0.2, 0.25) is 10.0 Å². The minimum Gasteiger partial charge on any atom is -0.308 e. The fourth-order valence-electron chi connectivity index (χ4n) is 2.80. The van der Waals surface area contributed by atoms with Gasteiger partial charge in [-0.3, -0.25) is 14.5 Å². The third-order valence-electron chi connectivity index (χ3n) is 3.99. The van der Waals surface area contributed by atoms with Crippen LogP contribution in [0, 0.1) is 0 Å². The Bertz CT molecular complexity index is 967. The summed E-state index contributed by atoms with van der Waals surface area (Å²) in [6.45, 7) is 5.37. The summed E-state index contributed by atoms with van der Waals surface area (Å²) in [4.78, 5) is 38.5. The van der Waals surface area contributed by atoms with Gasteiger partial charge in [0.25, 0.3) is 11.8 Å². The maximum Gasteiger partial charge on any atom is 0.323 e. The molecule has 2 aromatic carbocycles. The summed E-state index contributed by atoms with van der Waals surface area (Å²) in [5.74, 6) is -0.717. The Kier molecular flexibility index (Phi) is 4.88. The van der Waals surface area contributed by atoms with Gasteiger partial charge >= 0.3 is 6.03 Å². The molecular weight excluding hydrogens is 389 g/mol. The van der Waals surface area contributed by atoms with Crippen molar-refractivity contribution in [2.45, 2.75) is 26.3 Å². The summed E-state index contributed by atoms with van der Waals surface area (Å²) < 4.78 is 0. The second kappa shape index (κ2) is 6.87. The summed E-state index contributed by atoms with van der Waals surface area (Å²) in [6, 6.07) is 8.80. The van der Waals surface area contributed by atoms with Gasteiger partial charge < -0.3 is 10.6 Å². The second-order valence-electron chi connectivity index (χ2n) is 7.08. The van der Waals surface area contributed by atoms with Crippen molar-refractivity contribution in [1.29, 1.82) is 0 Å². The van der Waals surface area contributed by atoms with Crippen LogP contribution in [0.25, 0.3) is 0 Å². The molecule has 0 unspecified atom stereocenters. The topological polar surface area (TPSA) is 78.5 Å². The van der Waals surface area contributed by atoms with Crippen molar-refractivity contribution in [2.24, 2.45) is 0 Å². The van der Waals surface area contributed by atoms with Gasteiger partial charge in [-0.2, -0.15) is 0 Å². The number of halogens is 2. The smallest absolute Gasteiger partial charge is 0.308 e. The third-order valence-corrected chi connectivity index (χ3v) is 4.73. The number of carbonyl (C=O) groups is 3. The zero-order valence-electron chi connectivity index (χ0n) is 14.9. The fourth-order valence-corrected chi connectivity index (χ4v) is 3.09. The van der Waals surface area contributed by atoms with Crippen LogP contribution in [0.3, 0.4) is 0 Å². The lowest BCUT2D eigenvalue weighted by Crippen LogP contribution is -2.45. The largest absolute Gasteiger partial charge is 0.323 e. The van der Waals surface area contributed by atoms with Gasteiger partial charge in [0.1, 0.15) is 0 Å². The Labute approximate surface area is 166 Å². The van der Waals surface area contributed by atoms with Crippen molar-refractivity contribution in [3.63, 3.8) is 0 Å². The number of nitrogens with zero attached hydrogens (tertiary/aromatic N) is 1. The van der Waals surface area contributed by atoms with E-state index in [0.29, 0.717) is 27.0 Å². The van der Waals surface area contributed by atoms with Crippen LogP contribution in [0.4, 0.5) is 16.2 Å². The summed E-state index contributed by atoms with van der Waals surface area (Å²) in [5, 5.41) is 5.96. The van der Waals surface area contributed by atoms with E-state index in [1.54, 1.807) is 39.0 Å². The van der Waals surface area contributed by atoms with Crippen LogP contribution in [-0.2, 0) is 0 Å². The number of imide groups is 1. The van der Waals surface area contributed by atoms with Crippen molar-refractivity contribution in [3.8, 4) is 0 Å². The van der Waals surface area contributed by atoms with Crippen LogP contribution in [0.5, 0.6) is 0 Å². The van der Waals surface area contributed by atoms with Crippen molar-refractivity contribution in [3.05, 3.63) is 57.6 Å². The predicted octanol–water partition coefficient (Wildman–Crippen LogP) is 5.03. The monoisotopic (exact) mass is 405 g/mol. The van der Waals surface area contributed by atoms with E-state index in [1.807, 2.05) is 0 Å². The molecule has 0 saturated heterocycles. The number of hydrogen-bond donors (Lipinski definition) is 2. The molecule has 3 rings (SSSR count). The number of fused-ring (bicyclic) bond motifs is 1. The number of rotatable bonds is 2. The molecule has 0 saturated carbocycles. The molecule has 2 N–H and O–H groups in total. The number of benzene rings is 2. The zero-order chi connectivity index (χ0) is 19.9. The highest BCUT2D eigenvalue weighted by atomic mass is 35.5. The molecule has 1 aliphatic heterocycles. The van der Waals surface area contributed by atoms with Gasteiger partial charge in [0.2, 0.25) is 0 Å². The predicted molar refractivity (Wildman–Crippen MR) is 106 cm³/mol. The second-order valence-corrected chi connectivity index (χ2v) is 7.90. The van der Waals surface area contributed by atoms with E-state index in [1.165, 1.54) is 23.1 Å². The van der Waals surface area contributed by atoms with E-state index in [4.69, 9.17) is 23.2 Å². The molecule has 140 valence electrons. The first-order valence-corrected chi connectivity index (χ1v) is 8.89. The van der Waals surface area contributed by atoms with Crippen LogP contribution in [-0.4, -0.2) is 28.3 Å². The Morgan fingerprint density at radius 3 is 2.00 bits per heavy atom. The fraction of sp³-hybridized carbons (Fsp3) is 0.211. The Balaban J connectivity index is 1.78. The molecule has 1 heterocycles. The normalized spacial score (nSPS) is 13.6. The lowest BCUT2D eigenvalue weighted by Gasteiger charge is -2.29. The van der Waals surface area contributed by atoms with Gasteiger partial charge in [-0.05, 0) is 57.2 Å². The van der Waals surface area contributed by atoms with E-state index in [9.17, 15) is 14.4 Å². The molecule has 0 bridgehead atoms. The highest BCUT2D eigenvalue weighted by Crippen LogP contribution is 2.31. The van der Waals surface area contributed by atoms with Crippen molar-refractivity contribution in [2.75, 3.05) is 10.6 Å². The first-order chi connectivity index (χ1) is 12.6. The molecule has 27 heavy (non-hydrogen) atoms. The van der Waals surface area contributed by atoms with Crippen LogP contribution in [0.15, 0.2) is 36.4 Å². The molecule has 0 atom stereocenters. The van der Waals surface area contributed by atoms with Gasteiger partial charge in [-0.1, -0.05) is 23.2 Å². The number of urea groups is 1. The van der Waals surface area contributed by atoms with Gasteiger partial charge in [0, 0.05) is 16.9 Å². The van der Waals surface area contributed by atoms with Crippen LogP contribution < -0.4 is 10.6 Å². The number of nitrogens with one attached hydrogen (secondary N) is 2. The quantitative estimate of drug-likeness (QED) is 0.687. The Hall–Kier alpha value is -2.57. The highest BCUT2D eigenvalue weighted by Gasteiger charge is 2.41. The van der Waals surface area contributed by atoms with Gasteiger partial charge in [0.05, 0.1) is 21.2 Å². The SMILES string of the molecule is CC(C)(C)N1C(=O)c2ccc(NC(=O)Nc3ccc(Cl)c(Cl)c3)cc2C1=O. The van der Waals surface area contributed by atoms with E-state index in [2.05, 4.69) is 10.6 Å². The van der Waals surface area contributed by atoms with E-state index in [0.717, 1.165) is 0 Å².